The van der Waals surface area contributed by atoms with Crippen molar-refractivity contribution in [1.82, 2.24) is 10.2 Å². The maximum absolute atomic E-state index is 11.4. The van der Waals surface area contributed by atoms with Crippen molar-refractivity contribution in [2.24, 2.45) is 0 Å². The Hall–Kier alpha value is -0.650. The van der Waals surface area contributed by atoms with Crippen molar-refractivity contribution < 1.29 is 14.3 Å². The van der Waals surface area contributed by atoms with Crippen molar-refractivity contribution >= 4 is 5.91 Å². The first kappa shape index (κ1) is 14.3. The van der Waals surface area contributed by atoms with Crippen LogP contribution in [0.3, 0.4) is 0 Å². The summed E-state index contributed by atoms with van der Waals surface area (Å²) in [5.41, 5.74) is 0. The first-order chi connectivity index (χ1) is 7.09. The average molecular weight is 218 g/mol. The SMILES string of the molecule is COCCOCCNC(C)C(=O)N(C)C. The molecule has 5 heteroatoms. The van der Waals surface area contributed by atoms with Crippen LogP contribution in [0.2, 0.25) is 0 Å². The van der Waals surface area contributed by atoms with E-state index in [1.165, 1.54) is 0 Å². The molecule has 1 atom stereocenters. The van der Waals surface area contributed by atoms with E-state index in [-0.39, 0.29) is 11.9 Å². The van der Waals surface area contributed by atoms with Gasteiger partial charge in [0.05, 0.1) is 25.9 Å². The number of likely N-dealkylation sites (N-methyl/N-ethyl adjacent to an activating group) is 1. The lowest BCUT2D eigenvalue weighted by Crippen LogP contribution is -2.42. The number of methoxy groups -OCH3 is 1. The smallest absolute Gasteiger partial charge is 0.238 e. The molecule has 0 aromatic carbocycles. The Morgan fingerprint density at radius 3 is 2.53 bits per heavy atom. The molecule has 0 heterocycles. The Kier molecular flexibility index (Phi) is 8.27. The molecule has 0 aliphatic carbocycles. The van der Waals surface area contributed by atoms with Crippen LogP contribution in [0.4, 0.5) is 0 Å². The number of hydrogen-bond acceptors (Lipinski definition) is 4. The minimum atomic E-state index is -0.161. The summed E-state index contributed by atoms with van der Waals surface area (Å²) in [4.78, 5) is 13.0. The van der Waals surface area contributed by atoms with Crippen molar-refractivity contribution in [3.05, 3.63) is 0 Å². The molecule has 0 fully saturated rings. The summed E-state index contributed by atoms with van der Waals surface area (Å²) in [5.74, 6) is 0.0758. The van der Waals surface area contributed by atoms with Gasteiger partial charge in [-0.1, -0.05) is 0 Å². The van der Waals surface area contributed by atoms with Gasteiger partial charge in [-0.25, -0.2) is 0 Å². The van der Waals surface area contributed by atoms with Crippen molar-refractivity contribution in [2.45, 2.75) is 13.0 Å². The van der Waals surface area contributed by atoms with E-state index in [0.29, 0.717) is 26.4 Å². The first-order valence-electron chi connectivity index (χ1n) is 5.10. The third-order valence-electron chi connectivity index (χ3n) is 1.94. The largest absolute Gasteiger partial charge is 0.382 e. The number of ether oxygens (including phenoxy) is 2. The van der Waals surface area contributed by atoms with Gasteiger partial charge >= 0.3 is 0 Å². The molecule has 5 nitrogen and oxygen atoms in total. The number of carbonyl (C=O) groups is 1. The second-order valence-electron chi connectivity index (χ2n) is 3.51. The predicted molar refractivity (Wildman–Crippen MR) is 58.9 cm³/mol. The number of nitrogens with zero attached hydrogens (tertiary/aromatic N) is 1. The fourth-order valence-electron chi connectivity index (χ4n) is 1.07. The van der Waals surface area contributed by atoms with Crippen molar-refractivity contribution in [1.29, 1.82) is 0 Å². The van der Waals surface area contributed by atoms with E-state index in [1.54, 1.807) is 26.1 Å². The van der Waals surface area contributed by atoms with E-state index < -0.39 is 0 Å². The Labute approximate surface area is 91.7 Å². The lowest BCUT2D eigenvalue weighted by atomic mass is 10.3. The van der Waals surface area contributed by atoms with Crippen molar-refractivity contribution in [2.75, 3.05) is 47.6 Å². The average Bonchev–Trinajstić information content (AvgIpc) is 2.21. The topological polar surface area (TPSA) is 50.8 Å². The molecule has 0 aromatic heterocycles. The lowest BCUT2D eigenvalue weighted by molar-refractivity contribution is -0.130. The van der Waals surface area contributed by atoms with Crippen LogP contribution in [0.25, 0.3) is 0 Å². The van der Waals surface area contributed by atoms with Gasteiger partial charge in [-0.05, 0) is 6.92 Å². The summed E-state index contributed by atoms with van der Waals surface area (Å²) in [6, 6.07) is -0.161. The highest BCUT2D eigenvalue weighted by Crippen LogP contribution is 1.87. The number of amides is 1. The second kappa shape index (κ2) is 8.64. The highest BCUT2D eigenvalue weighted by atomic mass is 16.5. The summed E-state index contributed by atoms with van der Waals surface area (Å²) in [6.45, 7) is 4.30. The predicted octanol–water partition coefficient (Wildman–Crippen LogP) is -0.284. The normalized spacial score (nSPS) is 12.5. The quantitative estimate of drug-likeness (QED) is 0.569. The van der Waals surface area contributed by atoms with Crippen LogP contribution in [-0.2, 0) is 14.3 Å². The van der Waals surface area contributed by atoms with Crippen LogP contribution in [-0.4, -0.2) is 64.4 Å². The fraction of sp³-hybridized carbons (Fsp3) is 0.900. The zero-order valence-corrected chi connectivity index (χ0v) is 10.1. The molecule has 0 aliphatic heterocycles. The van der Waals surface area contributed by atoms with Crippen LogP contribution in [0.1, 0.15) is 6.92 Å². The zero-order valence-electron chi connectivity index (χ0n) is 10.1. The van der Waals surface area contributed by atoms with Crippen LogP contribution in [0.5, 0.6) is 0 Å². The van der Waals surface area contributed by atoms with E-state index in [4.69, 9.17) is 9.47 Å². The molecule has 0 radical (unpaired) electrons. The summed E-state index contributed by atoms with van der Waals surface area (Å²) >= 11 is 0. The molecule has 1 amide bonds. The Morgan fingerprint density at radius 1 is 1.33 bits per heavy atom. The third kappa shape index (κ3) is 7.30. The summed E-state index contributed by atoms with van der Waals surface area (Å²) in [7, 11) is 5.13. The lowest BCUT2D eigenvalue weighted by Gasteiger charge is -2.17. The standard InChI is InChI=1S/C10H22N2O3/c1-9(10(13)12(2)3)11-5-6-15-8-7-14-4/h9,11H,5-8H2,1-4H3. The molecule has 0 saturated carbocycles. The van der Waals surface area contributed by atoms with Gasteiger partial charge in [-0.2, -0.15) is 0 Å². The monoisotopic (exact) mass is 218 g/mol. The first-order valence-corrected chi connectivity index (χ1v) is 5.10. The Balaban J connectivity index is 3.39. The Bertz CT molecular complexity index is 174. The molecule has 0 saturated heterocycles. The van der Waals surface area contributed by atoms with Gasteiger partial charge in [0.15, 0.2) is 0 Å². The van der Waals surface area contributed by atoms with Crippen molar-refractivity contribution in [3.8, 4) is 0 Å². The van der Waals surface area contributed by atoms with Gasteiger partial charge in [0.1, 0.15) is 0 Å². The number of hydrogen-bond donors (Lipinski definition) is 1. The number of rotatable bonds is 8. The minimum absolute atomic E-state index is 0.0758. The van der Waals surface area contributed by atoms with Gasteiger partial charge in [0.2, 0.25) is 5.91 Å². The van der Waals surface area contributed by atoms with E-state index in [2.05, 4.69) is 5.32 Å². The maximum Gasteiger partial charge on any atom is 0.238 e. The van der Waals surface area contributed by atoms with Crippen LogP contribution < -0.4 is 5.32 Å². The Morgan fingerprint density at radius 2 is 2.00 bits per heavy atom. The molecule has 15 heavy (non-hydrogen) atoms. The van der Waals surface area contributed by atoms with Gasteiger partial charge in [-0.3, -0.25) is 4.79 Å². The summed E-state index contributed by atoms with van der Waals surface area (Å²) in [6.07, 6.45) is 0. The maximum atomic E-state index is 11.4. The molecule has 90 valence electrons. The molecular formula is C10H22N2O3. The molecule has 0 spiro atoms. The highest BCUT2D eigenvalue weighted by Gasteiger charge is 2.12. The molecule has 0 rings (SSSR count). The molecule has 0 bridgehead atoms. The molecule has 0 aliphatic rings. The number of carbonyl (C=O) groups excluding carboxylic acids is 1. The zero-order chi connectivity index (χ0) is 11.7. The van der Waals surface area contributed by atoms with Crippen LogP contribution in [0, 0.1) is 0 Å². The van der Waals surface area contributed by atoms with E-state index in [9.17, 15) is 4.79 Å². The van der Waals surface area contributed by atoms with Crippen LogP contribution >= 0.6 is 0 Å². The van der Waals surface area contributed by atoms with E-state index in [1.807, 2.05) is 6.92 Å². The van der Waals surface area contributed by atoms with Crippen LogP contribution in [0.15, 0.2) is 0 Å². The number of nitrogens with one attached hydrogen (secondary N) is 1. The van der Waals surface area contributed by atoms with E-state index >= 15 is 0 Å². The molecule has 1 N–H and O–H groups in total. The third-order valence-corrected chi connectivity index (χ3v) is 1.94. The molecule has 1 unspecified atom stereocenters. The summed E-state index contributed by atoms with van der Waals surface area (Å²) < 4.78 is 10.1. The van der Waals surface area contributed by atoms with Gasteiger partial charge in [-0.15, -0.1) is 0 Å². The van der Waals surface area contributed by atoms with Gasteiger partial charge in [0.25, 0.3) is 0 Å². The molecular weight excluding hydrogens is 196 g/mol. The summed E-state index contributed by atoms with van der Waals surface area (Å²) in [5, 5.41) is 3.08. The van der Waals surface area contributed by atoms with Crippen molar-refractivity contribution in [3.63, 3.8) is 0 Å². The minimum Gasteiger partial charge on any atom is -0.382 e. The second-order valence-corrected chi connectivity index (χ2v) is 3.51. The fourth-order valence-corrected chi connectivity index (χ4v) is 1.07. The van der Waals surface area contributed by atoms with Gasteiger partial charge in [0, 0.05) is 27.7 Å². The highest BCUT2D eigenvalue weighted by molar-refractivity contribution is 5.80. The molecule has 0 aromatic rings. The van der Waals surface area contributed by atoms with Gasteiger partial charge < -0.3 is 19.7 Å². The van der Waals surface area contributed by atoms with E-state index in [0.717, 1.165) is 0 Å².